The van der Waals surface area contributed by atoms with Gasteiger partial charge in [-0.1, -0.05) is 25.1 Å². The van der Waals surface area contributed by atoms with E-state index in [1.165, 1.54) is 18.2 Å². The van der Waals surface area contributed by atoms with E-state index in [9.17, 15) is 22.0 Å². The Morgan fingerprint density at radius 3 is 2.21 bits per heavy atom. The molecule has 0 unspecified atom stereocenters. The predicted molar refractivity (Wildman–Crippen MR) is 84.2 cm³/mol. The van der Waals surface area contributed by atoms with Crippen molar-refractivity contribution in [2.24, 2.45) is 0 Å². The van der Waals surface area contributed by atoms with Crippen molar-refractivity contribution in [1.82, 2.24) is 0 Å². The molecular weight excluding hydrogens is 323 g/mol. The molecule has 128 valence electrons. The van der Waals surface area contributed by atoms with Gasteiger partial charge in [0.1, 0.15) is 11.6 Å². The third kappa shape index (κ3) is 4.43. The van der Waals surface area contributed by atoms with Crippen LogP contribution in [0, 0.1) is 17.5 Å². The van der Waals surface area contributed by atoms with Crippen LogP contribution in [0.2, 0.25) is 0 Å². The summed E-state index contributed by atoms with van der Waals surface area (Å²) in [6.45, 7) is 1.72. The molecule has 0 amide bonds. The highest BCUT2D eigenvalue weighted by Gasteiger charge is 2.12. The molecule has 0 aliphatic heterocycles. The molecule has 0 aliphatic rings. The van der Waals surface area contributed by atoms with Crippen molar-refractivity contribution in [3.05, 3.63) is 76.4 Å². The largest absolute Gasteiger partial charge is 0.209 e. The summed E-state index contributed by atoms with van der Waals surface area (Å²) in [4.78, 5) is 0. The average molecular weight is 340 g/mol. The molecule has 0 heterocycles. The summed E-state index contributed by atoms with van der Waals surface area (Å²) in [6.07, 6.45) is 0.954. The molecule has 5 heteroatoms. The Bertz CT molecular complexity index is 749. The molecule has 0 aromatic heterocycles. The first-order valence-corrected chi connectivity index (χ1v) is 7.69. The number of benzene rings is 2. The van der Waals surface area contributed by atoms with Gasteiger partial charge in [-0.25, -0.2) is 22.0 Å². The van der Waals surface area contributed by atoms with Crippen molar-refractivity contribution in [3.8, 4) is 0 Å². The molecular formula is C19H17F5. The van der Waals surface area contributed by atoms with Crippen molar-refractivity contribution >= 4 is 5.83 Å². The van der Waals surface area contributed by atoms with Crippen LogP contribution in [-0.2, 0) is 12.8 Å². The molecule has 0 atom stereocenters. The lowest BCUT2D eigenvalue weighted by Crippen LogP contribution is -1.97. The summed E-state index contributed by atoms with van der Waals surface area (Å²) in [5, 5.41) is 0. The maximum absolute atomic E-state index is 14.1. The molecule has 0 N–H and O–H groups in total. The average Bonchev–Trinajstić information content (AvgIpc) is 2.56. The number of rotatable bonds is 6. The van der Waals surface area contributed by atoms with Crippen LogP contribution >= 0.6 is 0 Å². The van der Waals surface area contributed by atoms with Crippen molar-refractivity contribution in [2.75, 3.05) is 0 Å². The van der Waals surface area contributed by atoms with Gasteiger partial charge in [-0.15, -0.1) is 0 Å². The SMILES string of the molecule is CCC/C(F)=C(/F)c1ccc(CCc2ccc(F)c(F)c2)c(F)c1. The van der Waals surface area contributed by atoms with Gasteiger partial charge < -0.3 is 0 Å². The molecule has 2 aromatic rings. The summed E-state index contributed by atoms with van der Waals surface area (Å²) < 4.78 is 67.3. The minimum Gasteiger partial charge on any atom is -0.209 e. The fourth-order valence-corrected chi connectivity index (χ4v) is 2.35. The summed E-state index contributed by atoms with van der Waals surface area (Å²) in [5.74, 6) is -4.50. The zero-order valence-electron chi connectivity index (χ0n) is 13.2. The third-order valence-electron chi connectivity index (χ3n) is 3.68. The second-order valence-electron chi connectivity index (χ2n) is 5.52. The number of allylic oxidation sites excluding steroid dienone is 1. The lowest BCUT2D eigenvalue weighted by Gasteiger charge is -2.07. The maximum atomic E-state index is 14.1. The summed E-state index contributed by atoms with van der Waals surface area (Å²) in [7, 11) is 0. The Morgan fingerprint density at radius 2 is 1.58 bits per heavy atom. The van der Waals surface area contributed by atoms with E-state index < -0.39 is 29.1 Å². The molecule has 0 saturated carbocycles. The van der Waals surface area contributed by atoms with E-state index in [0.29, 0.717) is 24.0 Å². The summed E-state index contributed by atoms with van der Waals surface area (Å²) in [6, 6.07) is 7.14. The van der Waals surface area contributed by atoms with E-state index in [1.54, 1.807) is 6.92 Å². The van der Waals surface area contributed by atoms with Crippen LogP contribution in [0.15, 0.2) is 42.2 Å². The molecule has 0 radical (unpaired) electrons. The number of hydrogen-bond acceptors (Lipinski definition) is 0. The van der Waals surface area contributed by atoms with E-state index in [-0.39, 0.29) is 18.4 Å². The Hall–Kier alpha value is -2.17. The fourth-order valence-electron chi connectivity index (χ4n) is 2.35. The molecule has 2 aromatic carbocycles. The van der Waals surface area contributed by atoms with E-state index in [4.69, 9.17) is 0 Å². The lowest BCUT2D eigenvalue weighted by atomic mass is 10.0. The highest BCUT2D eigenvalue weighted by molar-refractivity contribution is 5.61. The van der Waals surface area contributed by atoms with E-state index in [1.807, 2.05) is 0 Å². The smallest absolute Gasteiger partial charge is 0.161 e. The van der Waals surface area contributed by atoms with Crippen LogP contribution in [0.1, 0.15) is 36.5 Å². The Labute approximate surface area is 137 Å². The standard InChI is InChI=1S/C19H17F5/c1-2-3-16(21)19(24)14-8-7-13(17(22)11-14)6-4-12-5-9-15(20)18(23)10-12/h5,7-11H,2-4,6H2,1H3/b19-16-. The van der Waals surface area contributed by atoms with Crippen molar-refractivity contribution in [1.29, 1.82) is 0 Å². The van der Waals surface area contributed by atoms with E-state index in [0.717, 1.165) is 18.2 Å². The van der Waals surface area contributed by atoms with Crippen molar-refractivity contribution in [2.45, 2.75) is 32.6 Å². The van der Waals surface area contributed by atoms with Gasteiger partial charge in [-0.2, -0.15) is 0 Å². The van der Waals surface area contributed by atoms with Gasteiger partial charge in [0.2, 0.25) is 0 Å². The van der Waals surface area contributed by atoms with E-state index in [2.05, 4.69) is 0 Å². The van der Waals surface area contributed by atoms with Crippen LogP contribution in [-0.4, -0.2) is 0 Å². The van der Waals surface area contributed by atoms with Gasteiger partial charge in [0.05, 0.1) is 0 Å². The molecule has 0 spiro atoms. The molecule has 2 rings (SSSR count). The van der Waals surface area contributed by atoms with Crippen LogP contribution in [0.4, 0.5) is 22.0 Å². The van der Waals surface area contributed by atoms with Gasteiger partial charge in [0.15, 0.2) is 17.5 Å². The highest BCUT2D eigenvalue weighted by atomic mass is 19.2. The second kappa shape index (κ2) is 8.08. The van der Waals surface area contributed by atoms with Gasteiger partial charge >= 0.3 is 0 Å². The predicted octanol–water partition coefficient (Wildman–Crippen LogP) is 6.30. The van der Waals surface area contributed by atoms with Crippen LogP contribution in [0.3, 0.4) is 0 Å². The molecule has 24 heavy (non-hydrogen) atoms. The highest BCUT2D eigenvalue weighted by Crippen LogP contribution is 2.26. The quantitative estimate of drug-likeness (QED) is 0.542. The topological polar surface area (TPSA) is 0 Å². The molecule has 0 saturated heterocycles. The van der Waals surface area contributed by atoms with E-state index >= 15 is 0 Å². The molecule has 0 aliphatic carbocycles. The zero-order valence-corrected chi connectivity index (χ0v) is 13.2. The van der Waals surface area contributed by atoms with Gasteiger partial charge in [0.25, 0.3) is 0 Å². The molecule has 0 fully saturated rings. The number of hydrogen-bond donors (Lipinski definition) is 0. The number of halogens is 5. The first-order valence-electron chi connectivity index (χ1n) is 7.69. The van der Waals surface area contributed by atoms with Crippen LogP contribution in [0.5, 0.6) is 0 Å². The van der Waals surface area contributed by atoms with Crippen molar-refractivity contribution in [3.63, 3.8) is 0 Å². The summed E-state index contributed by atoms with van der Waals surface area (Å²) in [5.41, 5.74) is 0.680. The van der Waals surface area contributed by atoms with Gasteiger partial charge in [0, 0.05) is 12.0 Å². The normalized spacial score (nSPS) is 12.2. The minimum atomic E-state index is -1.05. The molecule has 0 nitrogen and oxygen atoms in total. The first-order chi connectivity index (χ1) is 11.4. The monoisotopic (exact) mass is 340 g/mol. The lowest BCUT2D eigenvalue weighted by molar-refractivity contribution is 0.507. The minimum absolute atomic E-state index is 0.0364. The maximum Gasteiger partial charge on any atom is 0.161 e. The van der Waals surface area contributed by atoms with Crippen molar-refractivity contribution < 1.29 is 22.0 Å². The first kappa shape index (κ1) is 18.2. The Morgan fingerprint density at radius 1 is 0.833 bits per heavy atom. The van der Waals surface area contributed by atoms with Gasteiger partial charge in [-0.05, 0) is 48.6 Å². The zero-order chi connectivity index (χ0) is 17.7. The Balaban J connectivity index is 2.12. The molecule has 0 bridgehead atoms. The van der Waals surface area contributed by atoms with Crippen LogP contribution < -0.4 is 0 Å². The van der Waals surface area contributed by atoms with Gasteiger partial charge in [-0.3, -0.25) is 0 Å². The van der Waals surface area contributed by atoms with Crippen LogP contribution in [0.25, 0.3) is 5.83 Å². The fraction of sp³-hybridized carbons (Fsp3) is 0.263. The Kier molecular flexibility index (Phi) is 6.12. The number of aryl methyl sites for hydroxylation is 2. The third-order valence-corrected chi connectivity index (χ3v) is 3.68. The second-order valence-corrected chi connectivity index (χ2v) is 5.52. The summed E-state index contributed by atoms with van der Waals surface area (Å²) >= 11 is 0.